The normalized spacial score (nSPS) is 12.7. The van der Waals surface area contributed by atoms with Crippen molar-refractivity contribution in [2.75, 3.05) is 11.9 Å². The predicted molar refractivity (Wildman–Crippen MR) is 173 cm³/mol. The lowest BCUT2D eigenvalue weighted by molar-refractivity contribution is -0.140. The third-order valence-corrected chi connectivity index (χ3v) is 7.59. The molecule has 7 nitrogen and oxygen atoms in total. The Hall–Kier alpha value is -3.84. The minimum atomic E-state index is -0.978. The van der Waals surface area contributed by atoms with Crippen LogP contribution < -0.4 is 10.6 Å². The van der Waals surface area contributed by atoms with Gasteiger partial charge in [0.05, 0.1) is 10.7 Å². The lowest BCUT2D eigenvalue weighted by Crippen LogP contribution is -2.53. The maximum Gasteiger partial charge on any atom is 0.408 e. The van der Waals surface area contributed by atoms with Gasteiger partial charge >= 0.3 is 6.09 Å². The van der Waals surface area contributed by atoms with Crippen molar-refractivity contribution in [3.63, 3.8) is 0 Å². The first-order valence-corrected chi connectivity index (χ1v) is 15.2. The van der Waals surface area contributed by atoms with Crippen LogP contribution in [-0.4, -0.2) is 41.0 Å². The third kappa shape index (κ3) is 9.32. The van der Waals surface area contributed by atoms with E-state index >= 15 is 0 Å². The molecule has 3 aromatic rings. The molecule has 3 amide bonds. The fourth-order valence-electron chi connectivity index (χ4n) is 4.90. The monoisotopic (exact) mass is 605 g/mol. The molecule has 2 N–H and O–H groups in total. The highest BCUT2D eigenvalue weighted by Gasteiger charge is 2.37. The number of aryl methyl sites for hydroxylation is 2. The van der Waals surface area contributed by atoms with Crippen LogP contribution in [0.5, 0.6) is 0 Å². The van der Waals surface area contributed by atoms with Gasteiger partial charge in [0.1, 0.15) is 17.7 Å². The quantitative estimate of drug-likeness (QED) is 0.234. The summed E-state index contributed by atoms with van der Waals surface area (Å²) in [7, 11) is 0. The largest absolute Gasteiger partial charge is 0.444 e. The van der Waals surface area contributed by atoms with Crippen LogP contribution in [0.15, 0.2) is 66.7 Å². The minimum Gasteiger partial charge on any atom is -0.444 e. The maximum absolute atomic E-state index is 14.6. The van der Waals surface area contributed by atoms with E-state index in [2.05, 4.69) is 10.6 Å². The summed E-state index contributed by atoms with van der Waals surface area (Å²) < 4.78 is 5.53. The van der Waals surface area contributed by atoms with Crippen molar-refractivity contribution in [1.29, 1.82) is 0 Å². The molecule has 0 aliphatic carbocycles. The molecule has 43 heavy (non-hydrogen) atoms. The molecule has 0 aromatic heterocycles. The van der Waals surface area contributed by atoms with Crippen molar-refractivity contribution >= 4 is 35.2 Å². The van der Waals surface area contributed by atoms with Crippen molar-refractivity contribution < 1.29 is 19.1 Å². The molecule has 8 heteroatoms. The van der Waals surface area contributed by atoms with Crippen LogP contribution in [-0.2, 0) is 20.7 Å². The fraction of sp³-hybridized carbons (Fsp3) is 0.400. The van der Waals surface area contributed by atoms with E-state index in [0.717, 1.165) is 28.7 Å². The minimum absolute atomic E-state index is 0.228. The number of nitrogens with zero attached hydrogens (tertiary/aromatic N) is 1. The molecule has 0 aliphatic heterocycles. The molecule has 0 bridgehead atoms. The molecule has 0 saturated carbocycles. The van der Waals surface area contributed by atoms with Gasteiger partial charge in [-0.05, 0) is 81.8 Å². The Kier molecular flexibility index (Phi) is 11.8. The number of carbonyl (C=O) groups excluding carboxylic acids is 3. The molecule has 0 aliphatic rings. The van der Waals surface area contributed by atoms with Crippen molar-refractivity contribution in [3.8, 4) is 0 Å². The molecule has 3 rings (SSSR count). The van der Waals surface area contributed by atoms with E-state index in [4.69, 9.17) is 16.3 Å². The first-order chi connectivity index (χ1) is 20.3. The van der Waals surface area contributed by atoms with Gasteiger partial charge in [0, 0.05) is 13.0 Å². The smallest absolute Gasteiger partial charge is 0.408 e. The Morgan fingerprint density at radius 1 is 0.907 bits per heavy atom. The number of para-hydroxylation sites is 1. The van der Waals surface area contributed by atoms with Gasteiger partial charge in [0.2, 0.25) is 5.91 Å². The number of nitrogens with one attached hydrogen (secondary N) is 2. The highest BCUT2D eigenvalue weighted by atomic mass is 35.5. The average molecular weight is 606 g/mol. The summed E-state index contributed by atoms with van der Waals surface area (Å²) in [6.45, 7) is 13.5. The van der Waals surface area contributed by atoms with Crippen LogP contribution >= 0.6 is 11.6 Å². The van der Waals surface area contributed by atoms with Gasteiger partial charge in [-0.15, -0.1) is 0 Å². The molecule has 0 radical (unpaired) electrons. The van der Waals surface area contributed by atoms with Crippen LogP contribution in [0, 0.1) is 20.8 Å². The number of hydrogen-bond donors (Lipinski definition) is 2. The van der Waals surface area contributed by atoms with Gasteiger partial charge in [-0.1, -0.05) is 85.6 Å². The van der Waals surface area contributed by atoms with Crippen molar-refractivity contribution in [1.82, 2.24) is 10.2 Å². The second-order valence-corrected chi connectivity index (χ2v) is 12.3. The molecule has 0 saturated heterocycles. The molecular formula is C35H44ClN3O4. The number of anilines is 1. The first-order valence-electron chi connectivity index (χ1n) is 14.8. The number of amides is 3. The lowest BCUT2D eigenvalue weighted by atomic mass is 9.94. The summed E-state index contributed by atoms with van der Waals surface area (Å²) in [5.41, 5.74) is 4.04. The summed E-state index contributed by atoms with van der Waals surface area (Å²) in [6.07, 6.45) is 0.997. The number of carbonyl (C=O) groups is 3. The zero-order chi connectivity index (χ0) is 31.7. The van der Waals surface area contributed by atoms with Gasteiger partial charge in [-0.3, -0.25) is 9.59 Å². The van der Waals surface area contributed by atoms with Crippen molar-refractivity contribution in [3.05, 3.63) is 99.6 Å². The van der Waals surface area contributed by atoms with E-state index in [1.807, 2.05) is 88.4 Å². The van der Waals surface area contributed by atoms with E-state index in [0.29, 0.717) is 29.2 Å². The Morgan fingerprint density at radius 3 is 2.19 bits per heavy atom. The highest BCUT2D eigenvalue weighted by molar-refractivity contribution is 6.34. The second-order valence-electron chi connectivity index (χ2n) is 11.9. The van der Waals surface area contributed by atoms with Gasteiger partial charge in [0.15, 0.2) is 0 Å². The summed E-state index contributed by atoms with van der Waals surface area (Å²) in [4.78, 5) is 43.5. The van der Waals surface area contributed by atoms with Gasteiger partial charge < -0.3 is 20.3 Å². The summed E-state index contributed by atoms with van der Waals surface area (Å²) in [5, 5.41) is 6.24. The van der Waals surface area contributed by atoms with Crippen LogP contribution in [0.2, 0.25) is 5.02 Å². The molecule has 0 fully saturated rings. The number of rotatable bonds is 11. The van der Waals surface area contributed by atoms with E-state index in [9.17, 15) is 14.4 Å². The topological polar surface area (TPSA) is 87.7 Å². The van der Waals surface area contributed by atoms with Crippen molar-refractivity contribution in [2.45, 2.75) is 85.4 Å². The third-order valence-electron chi connectivity index (χ3n) is 7.28. The summed E-state index contributed by atoms with van der Waals surface area (Å²) in [6, 6.07) is 18.7. The van der Waals surface area contributed by atoms with Crippen LogP contribution in [0.3, 0.4) is 0 Å². The van der Waals surface area contributed by atoms with Gasteiger partial charge in [-0.2, -0.15) is 0 Å². The van der Waals surface area contributed by atoms with Crippen LogP contribution in [0.4, 0.5) is 10.5 Å². The second kappa shape index (κ2) is 15.1. The number of ether oxygens (including phenoxy) is 1. The molecule has 0 spiro atoms. The number of unbranched alkanes of at least 4 members (excludes halogenated alkanes) is 1. The van der Waals surface area contributed by atoms with E-state index < -0.39 is 23.8 Å². The average Bonchev–Trinajstić information content (AvgIpc) is 2.94. The Bertz CT molecular complexity index is 1400. The highest BCUT2D eigenvalue weighted by Crippen LogP contribution is 2.32. The van der Waals surface area contributed by atoms with E-state index in [1.165, 1.54) is 0 Å². The summed E-state index contributed by atoms with van der Waals surface area (Å²) >= 11 is 6.50. The zero-order valence-electron chi connectivity index (χ0n) is 26.3. The predicted octanol–water partition coefficient (Wildman–Crippen LogP) is 7.71. The maximum atomic E-state index is 14.6. The van der Waals surface area contributed by atoms with Crippen LogP contribution in [0.25, 0.3) is 0 Å². The van der Waals surface area contributed by atoms with E-state index in [-0.39, 0.29) is 18.2 Å². The molecular weight excluding hydrogens is 562 g/mol. The van der Waals surface area contributed by atoms with Gasteiger partial charge in [-0.25, -0.2) is 4.79 Å². The number of hydrogen-bond acceptors (Lipinski definition) is 4. The van der Waals surface area contributed by atoms with Crippen LogP contribution in [0.1, 0.15) is 74.4 Å². The molecule has 2 atom stereocenters. The zero-order valence-corrected chi connectivity index (χ0v) is 27.0. The Morgan fingerprint density at radius 2 is 1.56 bits per heavy atom. The Labute approximate surface area is 261 Å². The fourth-order valence-corrected chi connectivity index (χ4v) is 5.17. The molecule has 0 heterocycles. The number of alkyl carbamates (subject to hydrolysis) is 1. The first kappa shape index (κ1) is 33.7. The molecule has 3 aromatic carbocycles. The van der Waals surface area contributed by atoms with Crippen molar-refractivity contribution in [2.24, 2.45) is 0 Å². The number of halogens is 1. The molecule has 230 valence electrons. The van der Waals surface area contributed by atoms with Gasteiger partial charge in [0.25, 0.3) is 5.91 Å². The SMILES string of the molecule is CCCCN(C(=O)C(Cc1ccccc1)NC(=O)OC(C)(C)C)C(C(=O)Nc1c(C)cccc1Cl)c1cccc(C)c1C. The Balaban J connectivity index is 2.13. The summed E-state index contributed by atoms with van der Waals surface area (Å²) in [5.74, 6) is -0.759. The number of benzene rings is 3. The molecule has 2 unspecified atom stereocenters. The van der Waals surface area contributed by atoms with E-state index in [1.54, 1.807) is 31.7 Å². The standard InChI is InChI=1S/C35H44ClN3O4/c1-8-9-21-39(33(41)29(22-26-17-11-10-12-18-26)37-34(42)43-35(5,6)7)31(27-19-13-15-23(2)25(27)4)32(40)38-30-24(3)16-14-20-28(30)36/h10-20,29,31H,8-9,21-22H2,1-7H3,(H,37,42)(H,38,40). The lowest BCUT2D eigenvalue weighted by Gasteiger charge is -2.35.